The largest absolute Gasteiger partial charge is 0.448 e. The number of nitrogens with one attached hydrogen (secondary N) is 1. The maximum Gasteiger partial charge on any atom is 0.409 e. The topological polar surface area (TPSA) is 44.8 Å². The minimum absolute atomic E-state index is 0. The summed E-state index contributed by atoms with van der Waals surface area (Å²) in [5.41, 5.74) is 3.42. The molecule has 1 fully saturated rings. The zero-order valence-electron chi connectivity index (χ0n) is 21.1. The van der Waals surface area contributed by atoms with Crippen LogP contribution in [0.15, 0.2) is 78.9 Å². The molecule has 198 valence electrons. The maximum atomic E-state index is 12.8. The highest BCUT2D eigenvalue weighted by Crippen LogP contribution is 2.26. The van der Waals surface area contributed by atoms with E-state index in [0.717, 1.165) is 31.6 Å². The number of carbonyl (C=O) groups is 1. The van der Waals surface area contributed by atoms with Crippen LogP contribution in [-0.4, -0.2) is 47.7 Å². The zero-order valence-corrected chi connectivity index (χ0v) is 23.6. The Morgan fingerprint density at radius 2 is 1.51 bits per heavy atom. The highest BCUT2D eigenvalue weighted by molar-refractivity contribution is 7.59. The molecule has 3 aromatic carbocycles. The Kier molecular flexibility index (Phi) is 11.5. The van der Waals surface area contributed by atoms with Crippen molar-refractivity contribution in [2.24, 2.45) is 0 Å². The summed E-state index contributed by atoms with van der Waals surface area (Å²) in [5, 5.41) is 4.57. The lowest BCUT2D eigenvalue weighted by Gasteiger charge is -2.33. The predicted octanol–water partition coefficient (Wildman–Crippen LogP) is 7.21. The first-order valence-corrected chi connectivity index (χ1v) is 13.2. The molecule has 0 bridgehead atoms. The molecule has 0 aliphatic carbocycles. The number of ether oxygens (including phenoxy) is 1. The van der Waals surface area contributed by atoms with Gasteiger partial charge in [-0.05, 0) is 49.1 Å². The number of piperidine rings is 1. The molecule has 0 unspecified atom stereocenters. The second-order valence-corrected chi connectivity index (χ2v) is 10.2. The Bertz CT molecular complexity index is 1070. The summed E-state index contributed by atoms with van der Waals surface area (Å²) in [5.74, 6) is 0. The molecule has 1 heterocycles. The van der Waals surface area contributed by atoms with E-state index in [1.54, 1.807) is 11.0 Å². The van der Waals surface area contributed by atoms with Crippen molar-refractivity contribution in [3.63, 3.8) is 0 Å². The average Bonchev–Trinajstić information content (AvgIpc) is 2.90. The van der Waals surface area contributed by atoms with Gasteiger partial charge in [-0.2, -0.15) is 13.5 Å². The molecule has 3 aromatic rings. The SMILES string of the molecule is C[C@@H](COC(=O)N1CCC(Nc2ccc(Cl)c(Cl)c2)CC1)N(Cc1ccccc1)Cc1ccccc1.S. The summed E-state index contributed by atoms with van der Waals surface area (Å²) >= 11 is 12.1. The number of likely N-dealkylation sites (tertiary alicyclic amines) is 1. The number of carbonyl (C=O) groups excluding carboxylic acids is 1. The normalized spacial score (nSPS) is 14.6. The first kappa shape index (κ1) is 29.2. The van der Waals surface area contributed by atoms with Gasteiger partial charge < -0.3 is 15.0 Å². The van der Waals surface area contributed by atoms with Gasteiger partial charge in [0.1, 0.15) is 6.61 Å². The van der Waals surface area contributed by atoms with E-state index in [2.05, 4.69) is 65.7 Å². The predicted molar refractivity (Wildman–Crippen MR) is 158 cm³/mol. The van der Waals surface area contributed by atoms with Crippen LogP contribution in [0.25, 0.3) is 0 Å². The lowest BCUT2D eigenvalue weighted by Crippen LogP contribution is -2.44. The molecule has 4 rings (SSSR count). The van der Waals surface area contributed by atoms with Crippen LogP contribution in [0.5, 0.6) is 0 Å². The number of amides is 1. The van der Waals surface area contributed by atoms with Gasteiger partial charge >= 0.3 is 6.09 Å². The van der Waals surface area contributed by atoms with Crippen molar-refractivity contribution in [2.75, 3.05) is 25.0 Å². The Morgan fingerprint density at radius 1 is 0.946 bits per heavy atom. The Labute approximate surface area is 237 Å². The Morgan fingerprint density at radius 3 is 2.05 bits per heavy atom. The van der Waals surface area contributed by atoms with Crippen molar-refractivity contribution in [3.8, 4) is 0 Å². The van der Waals surface area contributed by atoms with Crippen LogP contribution in [-0.2, 0) is 17.8 Å². The van der Waals surface area contributed by atoms with Crippen LogP contribution in [0.3, 0.4) is 0 Å². The van der Waals surface area contributed by atoms with E-state index in [-0.39, 0.29) is 31.7 Å². The smallest absolute Gasteiger partial charge is 0.409 e. The van der Waals surface area contributed by atoms with E-state index < -0.39 is 0 Å². The van der Waals surface area contributed by atoms with Crippen LogP contribution in [0, 0.1) is 0 Å². The minimum Gasteiger partial charge on any atom is -0.448 e. The molecule has 0 radical (unpaired) electrons. The number of benzene rings is 3. The molecule has 37 heavy (non-hydrogen) atoms. The van der Waals surface area contributed by atoms with Crippen molar-refractivity contribution >= 4 is 48.5 Å². The van der Waals surface area contributed by atoms with E-state index in [1.807, 2.05) is 24.3 Å². The summed E-state index contributed by atoms with van der Waals surface area (Å²) in [7, 11) is 0. The molecule has 8 heteroatoms. The number of halogens is 2. The monoisotopic (exact) mass is 559 g/mol. The van der Waals surface area contributed by atoms with Crippen LogP contribution < -0.4 is 5.32 Å². The van der Waals surface area contributed by atoms with Gasteiger partial charge in [0.2, 0.25) is 0 Å². The van der Waals surface area contributed by atoms with Crippen molar-refractivity contribution in [2.45, 2.75) is 44.9 Å². The van der Waals surface area contributed by atoms with Crippen LogP contribution >= 0.6 is 36.7 Å². The van der Waals surface area contributed by atoms with E-state index in [4.69, 9.17) is 27.9 Å². The fraction of sp³-hybridized carbons (Fsp3) is 0.345. The number of nitrogens with zero attached hydrogens (tertiary/aromatic N) is 2. The quantitative estimate of drug-likeness (QED) is 0.300. The number of hydrogen-bond acceptors (Lipinski definition) is 4. The fourth-order valence-corrected chi connectivity index (χ4v) is 4.72. The average molecular weight is 561 g/mol. The first-order chi connectivity index (χ1) is 17.5. The minimum atomic E-state index is -0.241. The van der Waals surface area contributed by atoms with E-state index in [0.29, 0.717) is 29.7 Å². The summed E-state index contributed by atoms with van der Waals surface area (Å²) in [4.78, 5) is 17.0. The van der Waals surface area contributed by atoms with Crippen molar-refractivity contribution in [1.29, 1.82) is 0 Å². The van der Waals surface area contributed by atoms with Gasteiger partial charge in [-0.25, -0.2) is 4.79 Å². The molecule has 1 amide bonds. The molecule has 0 spiro atoms. The van der Waals surface area contributed by atoms with Gasteiger partial charge in [0, 0.05) is 44.0 Å². The zero-order chi connectivity index (χ0) is 25.3. The molecule has 0 aromatic heterocycles. The standard InChI is InChI=1S/C29H33Cl2N3O2.H2S/c1-22(34(19-23-8-4-2-5-9-23)20-24-10-6-3-7-11-24)21-36-29(35)33-16-14-25(15-17-33)32-26-12-13-27(30)28(31)18-26;/h2-13,18,22,25,32H,14-17,19-21H2,1H3;1H2/t22-;/m0./s1. The number of hydrogen-bond donors (Lipinski definition) is 1. The summed E-state index contributed by atoms with van der Waals surface area (Å²) in [6.07, 6.45) is 1.45. The summed E-state index contributed by atoms with van der Waals surface area (Å²) in [6, 6.07) is 26.7. The van der Waals surface area contributed by atoms with Gasteiger partial charge in [-0.3, -0.25) is 4.90 Å². The van der Waals surface area contributed by atoms with Gasteiger partial charge in [0.05, 0.1) is 10.0 Å². The van der Waals surface area contributed by atoms with Gasteiger partial charge in [0.15, 0.2) is 0 Å². The number of anilines is 1. The summed E-state index contributed by atoms with van der Waals surface area (Å²) < 4.78 is 5.77. The molecule has 1 saturated heterocycles. The third-order valence-corrected chi connectivity index (χ3v) is 7.31. The van der Waals surface area contributed by atoms with E-state index >= 15 is 0 Å². The second kappa shape index (κ2) is 14.5. The van der Waals surface area contributed by atoms with Crippen molar-refractivity contribution in [1.82, 2.24) is 9.80 Å². The Balaban J connectivity index is 0.00000380. The van der Waals surface area contributed by atoms with Crippen LogP contribution in [0.4, 0.5) is 10.5 Å². The second-order valence-electron chi connectivity index (χ2n) is 9.34. The van der Waals surface area contributed by atoms with Gasteiger partial charge in [-0.15, -0.1) is 0 Å². The van der Waals surface area contributed by atoms with Crippen molar-refractivity contribution < 1.29 is 9.53 Å². The first-order valence-electron chi connectivity index (χ1n) is 12.4. The lowest BCUT2D eigenvalue weighted by molar-refractivity contribution is 0.0595. The molecular formula is C29H35Cl2N3O2S. The molecule has 0 saturated carbocycles. The van der Waals surface area contributed by atoms with Crippen LogP contribution in [0.2, 0.25) is 10.0 Å². The van der Waals surface area contributed by atoms with E-state index in [1.165, 1.54) is 11.1 Å². The van der Waals surface area contributed by atoms with Crippen molar-refractivity contribution in [3.05, 3.63) is 100 Å². The molecule has 1 N–H and O–H groups in total. The van der Waals surface area contributed by atoms with E-state index in [9.17, 15) is 4.79 Å². The molecule has 1 aliphatic rings. The fourth-order valence-electron chi connectivity index (χ4n) is 4.42. The van der Waals surface area contributed by atoms with Crippen LogP contribution in [0.1, 0.15) is 30.9 Å². The third kappa shape index (κ3) is 8.85. The Hall–Kier alpha value is -2.38. The molecular weight excluding hydrogens is 525 g/mol. The summed E-state index contributed by atoms with van der Waals surface area (Å²) in [6.45, 7) is 5.36. The molecule has 5 nitrogen and oxygen atoms in total. The maximum absolute atomic E-state index is 12.8. The number of rotatable bonds is 9. The highest BCUT2D eigenvalue weighted by atomic mass is 35.5. The molecule has 1 aliphatic heterocycles. The van der Waals surface area contributed by atoms with Gasteiger partial charge in [-0.1, -0.05) is 83.9 Å². The lowest BCUT2D eigenvalue weighted by atomic mass is 10.1. The van der Waals surface area contributed by atoms with Gasteiger partial charge in [0.25, 0.3) is 0 Å². The highest BCUT2D eigenvalue weighted by Gasteiger charge is 2.25. The molecule has 1 atom stereocenters. The third-order valence-electron chi connectivity index (χ3n) is 6.57.